The van der Waals surface area contributed by atoms with Gasteiger partial charge in [0.25, 0.3) is 5.91 Å². The molecule has 1 N–H and O–H groups in total. The smallest absolute Gasteiger partial charge is 0.257 e. The van der Waals surface area contributed by atoms with E-state index < -0.39 is 17.5 Å². The Morgan fingerprint density at radius 3 is 2.52 bits per heavy atom. The molecule has 1 aromatic carbocycles. The molecule has 1 saturated heterocycles. The highest BCUT2D eigenvalue weighted by Gasteiger charge is 2.24. The predicted octanol–water partition coefficient (Wildman–Crippen LogP) is 4.52. The molecule has 0 radical (unpaired) electrons. The molecular weight excluding hydrogens is 370 g/mol. The Labute approximate surface area is 159 Å². The SMILES string of the molecule is Cc1sc2ncnc(N3CCCCC3)c2c1C(=O)Nc1cc(F)cc(F)c1. The first kappa shape index (κ1) is 17.8. The Kier molecular flexibility index (Phi) is 4.73. The van der Waals surface area contributed by atoms with Gasteiger partial charge in [-0.05, 0) is 38.3 Å². The number of thiophene rings is 1. The van der Waals surface area contributed by atoms with E-state index in [0.29, 0.717) is 10.9 Å². The summed E-state index contributed by atoms with van der Waals surface area (Å²) in [5.41, 5.74) is 0.536. The predicted molar refractivity (Wildman–Crippen MR) is 103 cm³/mol. The second-order valence-corrected chi connectivity index (χ2v) is 7.77. The number of aromatic nitrogens is 2. The summed E-state index contributed by atoms with van der Waals surface area (Å²) < 4.78 is 26.9. The number of carbonyl (C=O) groups is 1. The minimum atomic E-state index is -0.741. The number of amides is 1. The Morgan fingerprint density at radius 2 is 1.81 bits per heavy atom. The quantitative estimate of drug-likeness (QED) is 0.717. The summed E-state index contributed by atoms with van der Waals surface area (Å²) >= 11 is 1.42. The van der Waals surface area contributed by atoms with Crippen molar-refractivity contribution in [3.05, 3.63) is 46.6 Å². The topological polar surface area (TPSA) is 58.1 Å². The average Bonchev–Trinajstić information content (AvgIpc) is 2.97. The first-order valence-electron chi connectivity index (χ1n) is 8.79. The van der Waals surface area contributed by atoms with E-state index in [-0.39, 0.29) is 5.69 Å². The number of halogens is 2. The molecule has 5 nitrogen and oxygen atoms in total. The van der Waals surface area contributed by atoms with Crippen LogP contribution in [0.4, 0.5) is 20.3 Å². The van der Waals surface area contributed by atoms with E-state index in [1.54, 1.807) is 0 Å². The number of carbonyl (C=O) groups excluding carboxylic acids is 1. The van der Waals surface area contributed by atoms with Gasteiger partial charge in [-0.25, -0.2) is 18.7 Å². The lowest BCUT2D eigenvalue weighted by atomic mass is 10.1. The fraction of sp³-hybridized carbons (Fsp3) is 0.316. The van der Waals surface area contributed by atoms with Crippen molar-refractivity contribution in [3.8, 4) is 0 Å². The number of aryl methyl sites for hydroxylation is 1. The summed E-state index contributed by atoms with van der Waals surface area (Å²) in [5.74, 6) is -1.15. The van der Waals surface area contributed by atoms with Gasteiger partial charge in [0.15, 0.2) is 0 Å². The molecule has 0 saturated carbocycles. The third-order valence-electron chi connectivity index (χ3n) is 4.65. The molecule has 140 valence electrons. The van der Waals surface area contributed by atoms with Crippen LogP contribution in [0.25, 0.3) is 10.2 Å². The van der Waals surface area contributed by atoms with Crippen LogP contribution >= 0.6 is 11.3 Å². The number of hydrogen-bond donors (Lipinski definition) is 1. The molecule has 27 heavy (non-hydrogen) atoms. The van der Waals surface area contributed by atoms with E-state index in [1.165, 1.54) is 24.1 Å². The van der Waals surface area contributed by atoms with Crippen molar-refractivity contribution in [1.29, 1.82) is 0 Å². The Morgan fingerprint density at radius 1 is 1.11 bits per heavy atom. The van der Waals surface area contributed by atoms with E-state index in [4.69, 9.17) is 0 Å². The van der Waals surface area contributed by atoms with Crippen molar-refractivity contribution in [2.45, 2.75) is 26.2 Å². The molecule has 0 bridgehead atoms. The first-order valence-corrected chi connectivity index (χ1v) is 9.61. The molecule has 0 atom stereocenters. The second kappa shape index (κ2) is 7.19. The van der Waals surface area contributed by atoms with E-state index in [9.17, 15) is 13.6 Å². The lowest BCUT2D eigenvalue weighted by Crippen LogP contribution is -2.30. The molecule has 0 aliphatic carbocycles. The molecule has 0 spiro atoms. The summed E-state index contributed by atoms with van der Waals surface area (Å²) in [5, 5.41) is 3.31. The van der Waals surface area contributed by atoms with Gasteiger partial charge in [0.1, 0.15) is 28.6 Å². The van der Waals surface area contributed by atoms with E-state index in [2.05, 4.69) is 20.2 Å². The highest BCUT2D eigenvalue weighted by atomic mass is 32.1. The number of anilines is 2. The Balaban J connectivity index is 1.76. The molecule has 8 heteroatoms. The number of rotatable bonds is 3. The summed E-state index contributed by atoms with van der Waals surface area (Å²) in [6.45, 7) is 3.61. The van der Waals surface area contributed by atoms with Crippen LogP contribution in [-0.4, -0.2) is 29.0 Å². The largest absolute Gasteiger partial charge is 0.356 e. The highest BCUT2D eigenvalue weighted by Crippen LogP contribution is 2.36. The Hall–Kier alpha value is -2.61. The molecule has 3 aromatic rings. The number of nitrogens with one attached hydrogen (secondary N) is 1. The van der Waals surface area contributed by atoms with Crippen LogP contribution in [-0.2, 0) is 0 Å². The standard InChI is InChI=1S/C19H18F2N4OS/c1-11-15(18(26)24-14-8-12(20)7-13(21)9-14)16-17(22-10-23-19(16)27-11)25-5-3-2-4-6-25/h7-10H,2-6H2,1H3,(H,24,26). The van der Waals surface area contributed by atoms with Gasteiger partial charge in [0, 0.05) is 29.7 Å². The molecule has 4 rings (SSSR count). The average molecular weight is 388 g/mol. The van der Waals surface area contributed by atoms with Crippen molar-refractivity contribution >= 4 is 39.0 Å². The van der Waals surface area contributed by atoms with E-state index >= 15 is 0 Å². The summed E-state index contributed by atoms with van der Waals surface area (Å²) in [6, 6.07) is 2.95. The van der Waals surface area contributed by atoms with Crippen molar-refractivity contribution in [2.75, 3.05) is 23.3 Å². The molecule has 1 aliphatic rings. The number of fused-ring (bicyclic) bond motifs is 1. The van der Waals surface area contributed by atoms with Gasteiger partial charge in [-0.3, -0.25) is 4.79 Å². The molecular formula is C19H18F2N4OS. The van der Waals surface area contributed by atoms with Crippen LogP contribution in [0.15, 0.2) is 24.5 Å². The second-order valence-electron chi connectivity index (χ2n) is 6.57. The summed E-state index contributed by atoms with van der Waals surface area (Å²) in [6.07, 6.45) is 4.87. The van der Waals surface area contributed by atoms with E-state index in [0.717, 1.165) is 59.7 Å². The molecule has 1 amide bonds. The maximum absolute atomic E-state index is 13.4. The number of hydrogen-bond acceptors (Lipinski definition) is 5. The van der Waals surface area contributed by atoms with Crippen molar-refractivity contribution in [1.82, 2.24) is 9.97 Å². The van der Waals surface area contributed by atoms with Gasteiger partial charge in [-0.2, -0.15) is 0 Å². The van der Waals surface area contributed by atoms with Gasteiger partial charge >= 0.3 is 0 Å². The lowest BCUT2D eigenvalue weighted by molar-refractivity contribution is 0.102. The minimum absolute atomic E-state index is 0.0765. The first-order chi connectivity index (χ1) is 13.0. The van der Waals surface area contributed by atoms with Gasteiger partial charge in [-0.1, -0.05) is 0 Å². The zero-order chi connectivity index (χ0) is 19.0. The molecule has 0 unspecified atom stereocenters. The fourth-order valence-electron chi connectivity index (χ4n) is 3.47. The zero-order valence-corrected chi connectivity index (χ0v) is 15.6. The fourth-order valence-corrected chi connectivity index (χ4v) is 4.45. The van der Waals surface area contributed by atoms with Gasteiger partial charge in [0.05, 0.1) is 10.9 Å². The number of benzene rings is 1. The van der Waals surface area contributed by atoms with Crippen LogP contribution in [0.1, 0.15) is 34.5 Å². The normalized spacial score (nSPS) is 14.6. The van der Waals surface area contributed by atoms with Crippen molar-refractivity contribution < 1.29 is 13.6 Å². The Bertz CT molecular complexity index is 994. The van der Waals surface area contributed by atoms with Gasteiger partial charge in [0.2, 0.25) is 0 Å². The monoisotopic (exact) mass is 388 g/mol. The van der Waals surface area contributed by atoms with Gasteiger partial charge < -0.3 is 10.2 Å². The number of nitrogens with zero attached hydrogens (tertiary/aromatic N) is 3. The zero-order valence-electron chi connectivity index (χ0n) is 14.8. The lowest BCUT2D eigenvalue weighted by Gasteiger charge is -2.28. The molecule has 1 aliphatic heterocycles. The third kappa shape index (κ3) is 3.49. The molecule has 2 aromatic heterocycles. The summed E-state index contributed by atoms with van der Waals surface area (Å²) in [7, 11) is 0. The van der Waals surface area contributed by atoms with Gasteiger partial charge in [-0.15, -0.1) is 11.3 Å². The van der Waals surface area contributed by atoms with E-state index in [1.807, 2.05) is 6.92 Å². The number of piperidine rings is 1. The maximum Gasteiger partial charge on any atom is 0.257 e. The highest BCUT2D eigenvalue weighted by molar-refractivity contribution is 7.19. The third-order valence-corrected chi connectivity index (χ3v) is 5.66. The van der Waals surface area contributed by atoms with Crippen LogP contribution in [0, 0.1) is 18.6 Å². The van der Waals surface area contributed by atoms with Crippen LogP contribution in [0.3, 0.4) is 0 Å². The maximum atomic E-state index is 13.4. The minimum Gasteiger partial charge on any atom is -0.356 e. The van der Waals surface area contributed by atoms with Crippen molar-refractivity contribution in [3.63, 3.8) is 0 Å². The van der Waals surface area contributed by atoms with Crippen LogP contribution in [0.5, 0.6) is 0 Å². The summed E-state index contributed by atoms with van der Waals surface area (Å²) in [4.78, 5) is 25.4. The molecule has 3 heterocycles. The van der Waals surface area contributed by atoms with Crippen molar-refractivity contribution in [2.24, 2.45) is 0 Å². The van der Waals surface area contributed by atoms with Crippen LogP contribution in [0.2, 0.25) is 0 Å². The molecule has 1 fully saturated rings. The van der Waals surface area contributed by atoms with Crippen LogP contribution < -0.4 is 10.2 Å².